The molecule has 1 saturated heterocycles. The molecule has 1 heterocycles. The van der Waals surface area contributed by atoms with Crippen molar-refractivity contribution in [1.82, 2.24) is 10.2 Å². The van der Waals surface area contributed by atoms with E-state index in [1.54, 1.807) is 0 Å². The van der Waals surface area contributed by atoms with E-state index in [0.29, 0.717) is 25.9 Å². The first kappa shape index (κ1) is 17.4. The van der Waals surface area contributed by atoms with Crippen LogP contribution in [-0.2, 0) is 19.4 Å². The molecule has 2 atom stereocenters. The van der Waals surface area contributed by atoms with Gasteiger partial charge in [-0.2, -0.15) is 0 Å². The standard InChI is InChI=1S/C13H26N2O4S/c1-5-14-13(2,12(16)19-4)7-8-15(3)11-6-9-20(17,18)10-11/h11,14H,5-10H2,1-4H3. The van der Waals surface area contributed by atoms with Crippen LogP contribution >= 0.6 is 0 Å². The largest absolute Gasteiger partial charge is 0.468 e. The molecule has 1 aliphatic heterocycles. The number of sulfone groups is 1. The Morgan fingerprint density at radius 3 is 2.60 bits per heavy atom. The highest BCUT2D eigenvalue weighted by molar-refractivity contribution is 7.91. The minimum atomic E-state index is -2.87. The molecule has 1 aliphatic rings. The van der Waals surface area contributed by atoms with Crippen LogP contribution in [0.15, 0.2) is 0 Å². The monoisotopic (exact) mass is 306 g/mol. The van der Waals surface area contributed by atoms with Gasteiger partial charge in [0.25, 0.3) is 0 Å². The van der Waals surface area contributed by atoms with Crippen LogP contribution in [0.3, 0.4) is 0 Å². The zero-order valence-electron chi connectivity index (χ0n) is 12.8. The maximum atomic E-state index is 11.9. The lowest BCUT2D eigenvalue weighted by Gasteiger charge is -2.31. The molecule has 0 radical (unpaired) electrons. The number of rotatable bonds is 7. The van der Waals surface area contributed by atoms with E-state index in [9.17, 15) is 13.2 Å². The topological polar surface area (TPSA) is 75.7 Å². The molecule has 1 N–H and O–H groups in total. The third-order valence-corrected chi connectivity index (χ3v) is 5.75. The van der Waals surface area contributed by atoms with E-state index < -0.39 is 15.4 Å². The molecular weight excluding hydrogens is 280 g/mol. The zero-order valence-corrected chi connectivity index (χ0v) is 13.6. The molecule has 0 aromatic carbocycles. The molecule has 1 rings (SSSR count). The van der Waals surface area contributed by atoms with Gasteiger partial charge in [-0.3, -0.25) is 4.79 Å². The van der Waals surface area contributed by atoms with Crippen LogP contribution in [0.25, 0.3) is 0 Å². The van der Waals surface area contributed by atoms with Crippen molar-refractivity contribution in [3.05, 3.63) is 0 Å². The van der Waals surface area contributed by atoms with Gasteiger partial charge in [0.05, 0.1) is 18.6 Å². The highest BCUT2D eigenvalue weighted by Gasteiger charge is 2.35. The normalized spacial score (nSPS) is 24.6. The van der Waals surface area contributed by atoms with Crippen molar-refractivity contribution in [2.24, 2.45) is 0 Å². The number of hydrogen-bond acceptors (Lipinski definition) is 6. The van der Waals surface area contributed by atoms with Crippen molar-refractivity contribution in [3.63, 3.8) is 0 Å². The fraction of sp³-hybridized carbons (Fsp3) is 0.923. The Balaban J connectivity index is 2.57. The van der Waals surface area contributed by atoms with Crippen LogP contribution < -0.4 is 5.32 Å². The van der Waals surface area contributed by atoms with Gasteiger partial charge < -0.3 is 15.0 Å². The molecule has 118 valence electrons. The summed E-state index contributed by atoms with van der Waals surface area (Å²) in [6.07, 6.45) is 1.26. The summed E-state index contributed by atoms with van der Waals surface area (Å²) < 4.78 is 27.8. The SMILES string of the molecule is CCNC(C)(CCN(C)C1CCS(=O)(=O)C1)C(=O)OC. The quantitative estimate of drug-likeness (QED) is 0.669. The molecule has 0 saturated carbocycles. The van der Waals surface area contributed by atoms with E-state index in [1.807, 2.05) is 25.8 Å². The number of methoxy groups -OCH3 is 1. The van der Waals surface area contributed by atoms with Gasteiger partial charge in [0.2, 0.25) is 0 Å². The number of hydrogen-bond donors (Lipinski definition) is 1. The Kier molecular flexibility index (Phi) is 5.97. The Bertz CT molecular complexity index is 438. The van der Waals surface area contributed by atoms with E-state index in [-0.39, 0.29) is 23.5 Å². The minimum absolute atomic E-state index is 0.0588. The molecule has 0 bridgehead atoms. The molecule has 0 aliphatic carbocycles. The van der Waals surface area contributed by atoms with Crippen molar-refractivity contribution in [1.29, 1.82) is 0 Å². The smallest absolute Gasteiger partial charge is 0.325 e. The zero-order chi connectivity index (χ0) is 15.4. The summed E-state index contributed by atoms with van der Waals surface area (Å²) in [5, 5.41) is 3.15. The number of carbonyl (C=O) groups excluding carboxylic acids is 1. The van der Waals surface area contributed by atoms with Crippen molar-refractivity contribution in [3.8, 4) is 0 Å². The predicted octanol–water partition coefficient (Wildman–Crippen LogP) is 0.0366. The fourth-order valence-electron chi connectivity index (χ4n) is 2.58. The Morgan fingerprint density at radius 1 is 1.50 bits per heavy atom. The molecule has 0 aromatic heterocycles. The lowest BCUT2D eigenvalue weighted by atomic mass is 9.97. The predicted molar refractivity (Wildman–Crippen MR) is 78.4 cm³/mol. The van der Waals surface area contributed by atoms with E-state index in [4.69, 9.17) is 4.74 Å². The van der Waals surface area contributed by atoms with Gasteiger partial charge in [-0.25, -0.2) is 8.42 Å². The second-order valence-corrected chi connectivity index (χ2v) is 7.87. The van der Waals surface area contributed by atoms with Crippen LogP contribution in [0.1, 0.15) is 26.7 Å². The number of carbonyl (C=O) groups is 1. The molecule has 2 unspecified atom stereocenters. The summed E-state index contributed by atoms with van der Waals surface area (Å²) in [5.74, 6) is 0.204. The number of nitrogens with zero attached hydrogens (tertiary/aromatic N) is 1. The number of ether oxygens (including phenoxy) is 1. The van der Waals surface area contributed by atoms with Gasteiger partial charge in [0.15, 0.2) is 9.84 Å². The van der Waals surface area contributed by atoms with E-state index >= 15 is 0 Å². The van der Waals surface area contributed by atoms with Crippen LogP contribution in [0.2, 0.25) is 0 Å². The summed E-state index contributed by atoms with van der Waals surface area (Å²) >= 11 is 0. The van der Waals surface area contributed by atoms with Crippen molar-refractivity contribution >= 4 is 15.8 Å². The maximum absolute atomic E-state index is 11.9. The Morgan fingerprint density at radius 2 is 2.15 bits per heavy atom. The minimum Gasteiger partial charge on any atom is -0.468 e. The Labute approximate surface area is 121 Å². The average molecular weight is 306 g/mol. The molecule has 0 aromatic rings. The van der Waals surface area contributed by atoms with E-state index in [1.165, 1.54) is 7.11 Å². The summed E-state index contributed by atoms with van der Waals surface area (Å²) in [5.41, 5.74) is -0.727. The van der Waals surface area contributed by atoms with Crippen LogP contribution in [0.4, 0.5) is 0 Å². The van der Waals surface area contributed by atoms with Gasteiger partial charge in [0.1, 0.15) is 5.54 Å². The molecule has 0 amide bonds. The number of nitrogens with one attached hydrogen (secondary N) is 1. The first-order valence-electron chi connectivity index (χ1n) is 6.98. The number of likely N-dealkylation sites (N-methyl/N-ethyl adjacent to an activating group) is 1. The highest BCUT2D eigenvalue weighted by Crippen LogP contribution is 2.19. The second-order valence-electron chi connectivity index (χ2n) is 5.64. The first-order valence-corrected chi connectivity index (χ1v) is 8.80. The molecular formula is C13H26N2O4S. The molecule has 1 fully saturated rings. The van der Waals surface area contributed by atoms with Gasteiger partial charge >= 0.3 is 5.97 Å². The molecule has 6 nitrogen and oxygen atoms in total. The van der Waals surface area contributed by atoms with Gasteiger partial charge in [-0.05, 0) is 33.4 Å². The summed E-state index contributed by atoms with van der Waals surface area (Å²) in [6.45, 7) is 5.09. The van der Waals surface area contributed by atoms with Gasteiger partial charge in [-0.1, -0.05) is 6.92 Å². The summed E-state index contributed by atoms with van der Waals surface area (Å²) in [4.78, 5) is 13.9. The summed E-state index contributed by atoms with van der Waals surface area (Å²) in [7, 11) is 0.418. The van der Waals surface area contributed by atoms with Crippen LogP contribution in [0, 0.1) is 0 Å². The van der Waals surface area contributed by atoms with Crippen LogP contribution in [-0.4, -0.2) is 69.6 Å². The van der Waals surface area contributed by atoms with Crippen molar-refractivity contribution in [2.45, 2.75) is 38.3 Å². The first-order chi connectivity index (χ1) is 9.24. The second kappa shape index (κ2) is 6.87. The van der Waals surface area contributed by atoms with Gasteiger partial charge in [0, 0.05) is 12.6 Å². The number of esters is 1. The van der Waals surface area contributed by atoms with Crippen LogP contribution in [0.5, 0.6) is 0 Å². The maximum Gasteiger partial charge on any atom is 0.325 e. The highest BCUT2D eigenvalue weighted by atomic mass is 32.2. The lowest BCUT2D eigenvalue weighted by molar-refractivity contribution is -0.148. The van der Waals surface area contributed by atoms with Crippen molar-refractivity contribution in [2.75, 3.05) is 38.8 Å². The van der Waals surface area contributed by atoms with Crippen molar-refractivity contribution < 1.29 is 17.9 Å². The third-order valence-electron chi connectivity index (χ3n) is 4.00. The Hall–Kier alpha value is -0.660. The molecule has 0 spiro atoms. The molecule has 20 heavy (non-hydrogen) atoms. The van der Waals surface area contributed by atoms with E-state index in [0.717, 1.165) is 0 Å². The van der Waals surface area contributed by atoms with E-state index in [2.05, 4.69) is 5.32 Å². The molecule has 7 heteroatoms. The third kappa shape index (κ3) is 4.43. The lowest BCUT2D eigenvalue weighted by Crippen LogP contribution is -2.52. The average Bonchev–Trinajstić information content (AvgIpc) is 2.75. The van der Waals surface area contributed by atoms with Gasteiger partial charge in [-0.15, -0.1) is 0 Å². The fourth-order valence-corrected chi connectivity index (χ4v) is 4.39. The summed E-state index contributed by atoms with van der Waals surface area (Å²) in [6, 6.07) is 0.0588.